The molecular formula is C26H35N3O2. The van der Waals surface area contributed by atoms with E-state index < -0.39 is 6.04 Å². The highest BCUT2D eigenvalue weighted by Crippen LogP contribution is 2.18. The average molecular weight is 422 g/mol. The number of carbonyl (C=O) groups excluding carboxylic acids is 2. The van der Waals surface area contributed by atoms with Crippen molar-refractivity contribution in [1.29, 1.82) is 0 Å². The molecule has 1 saturated heterocycles. The molecule has 0 bridgehead atoms. The third-order valence-electron chi connectivity index (χ3n) is 5.79. The molecule has 1 heterocycles. The van der Waals surface area contributed by atoms with Gasteiger partial charge in [-0.05, 0) is 42.3 Å². The number of benzene rings is 2. The maximum atomic E-state index is 13.0. The highest BCUT2D eigenvalue weighted by atomic mass is 16.2. The fourth-order valence-electron chi connectivity index (χ4n) is 4.10. The zero-order valence-electron chi connectivity index (χ0n) is 18.7. The van der Waals surface area contributed by atoms with Gasteiger partial charge in [-0.25, -0.2) is 0 Å². The van der Waals surface area contributed by atoms with Gasteiger partial charge in [0.1, 0.15) is 6.04 Å². The van der Waals surface area contributed by atoms with E-state index in [1.807, 2.05) is 50.2 Å². The molecule has 2 aromatic rings. The van der Waals surface area contributed by atoms with Crippen molar-refractivity contribution in [3.8, 4) is 0 Å². The van der Waals surface area contributed by atoms with Crippen molar-refractivity contribution in [3.05, 3.63) is 71.8 Å². The molecule has 31 heavy (non-hydrogen) atoms. The first-order valence-corrected chi connectivity index (χ1v) is 11.4. The Hall–Kier alpha value is -2.66. The van der Waals surface area contributed by atoms with Crippen molar-refractivity contribution in [2.45, 2.75) is 39.2 Å². The number of amides is 2. The second-order valence-corrected chi connectivity index (χ2v) is 8.95. The Balaban J connectivity index is 1.49. The van der Waals surface area contributed by atoms with Gasteiger partial charge in [0.2, 0.25) is 11.8 Å². The van der Waals surface area contributed by atoms with Gasteiger partial charge in [0.25, 0.3) is 0 Å². The highest BCUT2D eigenvalue weighted by Gasteiger charge is 2.26. The van der Waals surface area contributed by atoms with Gasteiger partial charge < -0.3 is 15.5 Å². The van der Waals surface area contributed by atoms with E-state index in [0.29, 0.717) is 18.9 Å². The minimum atomic E-state index is -0.650. The summed E-state index contributed by atoms with van der Waals surface area (Å²) in [6, 6.07) is 19.4. The molecule has 0 radical (unpaired) electrons. The molecule has 1 fully saturated rings. The lowest BCUT2D eigenvalue weighted by atomic mass is 10.0. The van der Waals surface area contributed by atoms with E-state index >= 15 is 0 Å². The smallest absolute Gasteiger partial charge is 0.247 e. The Kier molecular flexibility index (Phi) is 8.65. The van der Waals surface area contributed by atoms with Crippen LogP contribution in [0.4, 0.5) is 0 Å². The van der Waals surface area contributed by atoms with E-state index in [2.05, 4.69) is 39.8 Å². The number of hydrogen-bond acceptors (Lipinski definition) is 3. The molecule has 2 atom stereocenters. The Morgan fingerprint density at radius 1 is 1.03 bits per heavy atom. The summed E-state index contributed by atoms with van der Waals surface area (Å²) in [6.45, 7) is 7.77. The van der Waals surface area contributed by atoms with Crippen LogP contribution >= 0.6 is 0 Å². The fourth-order valence-corrected chi connectivity index (χ4v) is 4.10. The maximum Gasteiger partial charge on any atom is 0.247 e. The molecule has 166 valence electrons. The lowest BCUT2D eigenvalue weighted by molar-refractivity contribution is -0.129. The van der Waals surface area contributed by atoms with Crippen molar-refractivity contribution in [2.75, 3.05) is 26.2 Å². The van der Waals surface area contributed by atoms with Crippen molar-refractivity contribution < 1.29 is 9.59 Å². The summed E-state index contributed by atoms with van der Waals surface area (Å²) in [5.74, 6) is 0.473. The van der Waals surface area contributed by atoms with E-state index in [-0.39, 0.29) is 17.7 Å². The van der Waals surface area contributed by atoms with Crippen molar-refractivity contribution >= 4 is 11.8 Å². The molecule has 5 heteroatoms. The highest BCUT2D eigenvalue weighted by molar-refractivity contribution is 5.88. The Morgan fingerprint density at radius 3 is 2.39 bits per heavy atom. The summed E-state index contributed by atoms with van der Waals surface area (Å²) < 4.78 is 0. The minimum Gasteiger partial charge on any atom is -0.354 e. The lowest BCUT2D eigenvalue weighted by Gasteiger charge is -2.21. The van der Waals surface area contributed by atoms with Gasteiger partial charge >= 0.3 is 0 Å². The van der Waals surface area contributed by atoms with Gasteiger partial charge in [-0.2, -0.15) is 0 Å². The molecule has 2 amide bonds. The van der Waals surface area contributed by atoms with Gasteiger partial charge in [-0.3, -0.25) is 9.59 Å². The first kappa shape index (κ1) is 23.0. The molecule has 0 aromatic heterocycles. The summed E-state index contributed by atoms with van der Waals surface area (Å²) in [6.07, 6.45) is 2.55. The Bertz CT molecular complexity index is 823. The largest absolute Gasteiger partial charge is 0.354 e. The zero-order valence-corrected chi connectivity index (χ0v) is 18.7. The van der Waals surface area contributed by atoms with Gasteiger partial charge in [0.05, 0.1) is 0 Å². The molecule has 0 spiro atoms. The molecule has 5 nitrogen and oxygen atoms in total. The fraction of sp³-hybridized carbons (Fsp3) is 0.462. The van der Waals surface area contributed by atoms with E-state index in [9.17, 15) is 9.59 Å². The summed E-state index contributed by atoms with van der Waals surface area (Å²) in [5, 5.41) is 6.02. The second kappa shape index (κ2) is 11.7. The van der Waals surface area contributed by atoms with Gasteiger partial charge in [0, 0.05) is 26.1 Å². The molecule has 1 aliphatic heterocycles. The van der Waals surface area contributed by atoms with Crippen LogP contribution in [0.1, 0.15) is 43.9 Å². The van der Waals surface area contributed by atoms with Crippen LogP contribution in [0.2, 0.25) is 0 Å². The number of nitrogens with one attached hydrogen (secondary N) is 2. The quantitative estimate of drug-likeness (QED) is 0.617. The Morgan fingerprint density at radius 2 is 1.71 bits per heavy atom. The first-order chi connectivity index (χ1) is 15.0. The average Bonchev–Trinajstić information content (AvgIpc) is 3.23. The van der Waals surface area contributed by atoms with Gasteiger partial charge in [-0.15, -0.1) is 0 Å². The van der Waals surface area contributed by atoms with Crippen molar-refractivity contribution in [3.63, 3.8) is 0 Å². The molecule has 3 rings (SSSR count). The van der Waals surface area contributed by atoms with E-state index in [1.54, 1.807) is 0 Å². The first-order valence-electron chi connectivity index (χ1n) is 11.4. The normalized spacial score (nSPS) is 17.5. The van der Waals surface area contributed by atoms with Crippen LogP contribution in [-0.2, 0) is 16.0 Å². The number of hydrogen-bond donors (Lipinski definition) is 2. The van der Waals surface area contributed by atoms with Crippen molar-refractivity contribution in [1.82, 2.24) is 15.5 Å². The van der Waals surface area contributed by atoms with Crippen molar-refractivity contribution in [2.24, 2.45) is 11.8 Å². The van der Waals surface area contributed by atoms with Crippen LogP contribution in [-0.4, -0.2) is 42.9 Å². The minimum absolute atomic E-state index is 0.0908. The Labute approximate surface area is 186 Å². The van der Waals surface area contributed by atoms with Crippen LogP contribution in [0.15, 0.2) is 60.7 Å². The monoisotopic (exact) mass is 421 g/mol. The predicted octanol–water partition coefficient (Wildman–Crippen LogP) is 3.57. The standard InChI is InChI=1S/C26H35N3O2/c1-20(2)17-24(30)28-25(23-11-7-4-8-12-23)26(31)27-18-22-14-16-29(19-22)15-13-21-9-5-3-6-10-21/h3-12,20,22,25H,13-19H2,1-2H3,(H,27,31)(H,28,30). The van der Waals surface area contributed by atoms with Crippen LogP contribution in [0.5, 0.6) is 0 Å². The van der Waals surface area contributed by atoms with Crippen LogP contribution < -0.4 is 10.6 Å². The molecule has 1 aliphatic rings. The molecule has 0 aliphatic carbocycles. The SMILES string of the molecule is CC(C)CC(=O)NC(C(=O)NCC1CCN(CCc2ccccc2)C1)c1ccccc1. The lowest BCUT2D eigenvalue weighted by Crippen LogP contribution is -2.42. The number of nitrogens with zero attached hydrogens (tertiary/aromatic N) is 1. The summed E-state index contributed by atoms with van der Waals surface area (Å²) >= 11 is 0. The molecule has 0 saturated carbocycles. The topological polar surface area (TPSA) is 61.4 Å². The molecule has 2 N–H and O–H groups in total. The van der Waals surface area contributed by atoms with Gasteiger partial charge in [-0.1, -0.05) is 74.5 Å². The number of carbonyl (C=O) groups is 2. The van der Waals surface area contributed by atoms with E-state index in [1.165, 1.54) is 5.56 Å². The molecular weight excluding hydrogens is 386 g/mol. The van der Waals surface area contributed by atoms with Gasteiger partial charge in [0.15, 0.2) is 0 Å². The predicted molar refractivity (Wildman–Crippen MR) is 124 cm³/mol. The number of rotatable bonds is 10. The summed E-state index contributed by atoms with van der Waals surface area (Å²) in [5.41, 5.74) is 2.18. The molecule has 2 aromatic carbocycles. The summed E-state index contributed by atoms with van der Waals surface area (Å²) in [4.78, 5) is 27.8. The van der Waals surface area contributed by atoms with Crippen LogP contribution in [0.3, 0.4) is 0 Å². The summed E-state index contributed by atoms with van der Waals surface area (Å²) in [7, 11) is 0. The van der Waals surface area contributed by atoms with E-state index in [4.69, 9.17) is 0 Å². The molecule has 2 unspecified atom stereocenters. The maximum absolute atomic E-state index is 13.0. The second-order valence-electron chi connectivity index (χ2n) is 8.95. The van der Waals surface area contributed by atoms with Crippen LogP contribution in [0.25, 0.3) is 0 Å². The van der Waals surface area contributed by atoms with Crippen LogP contribution in [0, 0.1) is 11.8 Å². The third kappa shape index (κ3) is 7.51. The number of likely N-dealkylation sites (tertiary alicyclic amines) is 1. The zero-order chi connectivity index (χ0) is 22.1. The van der Waals surface area contributed by atoms with E-state index in [0.717, 1.165) is 38.0 Å². The third-order valence-corrected chi connectivity index (χ3v) is 5.79.